The monoisotopic (exact) mass is 392 g/mol. The van der Waals surface area contributed by atoms with Gasteiger partial charge in [-0.2, -0.15) is 5.10 Å². The number of hydrazone groups is 1. The number of aromatic hydroxyl groups is 3. The summed E-state index contributed by atoms with van der Waals surface area (Å²) in [6.07, 6.45) is 4.54. The van der Waals surface area contributed by atoms with Crippen molar-refractivity contribution in [1.82, 2.24) is 5.43 Å². The molecular formula is C22H17FN2O4. The topological polar surface area (TPSA) is 102 Å². The zero-order valence-corrected chi connectivity index (χ0v) is 15.1. The molecule has 0 saturated carbocycles. The number of phenols is 3. The van der Waals surface area contributed by atoms with Gasteiger partial charge in [-0.25, -0.2) is 9.82 Å². The Balaban J connectivity index is 1.83. The lowest BCUT2D eigenvalue weighted by atomic mass is 10.0. The van der Waals surface area contributed by atoms with Gasteiger partial charge in [-0.3, -0.25) is 4.79 Å². The zero-order chi connectivity index (χ0) is 20.8. The van der Waals surface area contributed by atoms with E-state index in [0.29, 0.717) is 5.56 Å². The molecule has 0 aliphatic rings. The van der Waals surface area contributed by atoms with E-state index in [9.17, 15) is 24.5 Å². The number of rotatable bonds is 5. The van der Waals surface area contributed by atoms with Crippen LogP contribution in [-0.2, 0) is 0 Å². The predicted octanol–water partition coefficient (Wildman–Crippen LogP) is 3.88. The summed E-state index contributed by atoms with van der Waals surface area (Å²) in [6, 6.07) is 14.5. The van der Waals surface area contributed by atoms with Gasteiger partial charge in [-0.05, 0) is 41.5 Å². The average Bonchev–Trinajstić information content (AvgIpc) is 2.69. The fraction of sp³-hybridized carbons (Fsp3) is 0. The van der Waals surface area contributed by atoms with Gasteiger partial charge in [-0.15, -0.1) is 0 Å². The number of amides is 1. The van der Waals surface area contributed by atoms with Crippen molar-refractivity contribution < 1.29 is 24.5 Å². The highest BCUT2D eigenvalue weighted by Crippen LogP contribution is 2.27. The van der Waals surface area contributed by atoms with Crippen molar-refractivity contribution in [3.8, 4) is 17.2 Å². The standard InChI is InChI=1S/C22H17FN2O4/c23-20-4-2-1-3-18(20)22(29)25-24-13-19-15(11-17(27)12-21(19)28)8-5-14-6-9-16(26)10-7-14/h1-13,26-28H,(H,25,29)/b8-5+,24-13-. The molecule has 0 aromatic heterocycles. The van der Waals surface area contributed by atoms with Gasteiger partial charge in [0.2, 0.25) is 0 Å². The summed E-state index contributed by atoms with van der Waals surface area (Å²) >= 11 is 0. The van der Waals surface area contributed by atoms with Crippen molar-refractivity contribution >= 4 is 24.3 Å². The first-order chi connectivity index (χ1) is 13.9. The van der Waals surface area contributed by atoms with Crippen LogP contribution in [-0.4, -0.2) is 27.4 Å². The Hall–Kier alpha value is -4.13. The molecule has 0 aliphatic carbocycles. The molecule has 146 valence electrons. The van der Waals surface area contributed by atoms with Gasteiger partial charge in [0.15, 0.2) is 0 Å². The Morgan fingerprint density at radius 1 is 0.931 bits per heavy atom. The third-order valence-electron chi connectivity index (χ3n) is 4.00. The number of carbonyl (C=O) groups excluding carboxylic acids is 1. The van der Waals surface area contributed by atoms with Crippen LogP contribution < -0.4 is 5.43 Å². The van der Waals surface area contributed by atoms with Crippen molar-refractivity contribution in [1.29, 1.82) is 0 Å². The molecule has 0 bridgehead atoms. The molecule has 4 N–H and O–H groups in total. The van der Waals surface area contributed by atoms with Crippen molar-refractivity contribution in [2.45, 2.75) is 0 Å². The maximum absolute atomic E-state index is 13.6. The number of phenolic OH excluding ortho intramolecular Hbond substituents is 3. The average molecular weight is 392 g/mol. The second kappa shape index (κ2) is 8.71. The second-order valence-electron chi connectivity index (χ2n) is 6.07. The normalized spacial score (nSPS) is 11.2. The number of hydrogen-bond donors (Lipinski definition) is 4. The smallest absolute Gasteiger partial charge is 0.274 e. The van der Waals surface area contributed by atoms with Gasteiger partial charge in [-0.1, -0.05) is 36.4 Å². The Kier molecular flexibility index (Phi) is 5.89. The molecule has 0 fully saturated rings. The first kappa shape index (κ1) is 19.6. The van der Waals surface area contributed by atoms with E-state index in [1.807, 2.05) is 0 Å². The van der Waals surface area contributed by atoms with Crippen LogP contribution in [0.4, 0.5) is 4.39 Å². The predicted molar refractivity (Wildman–Crippen MR) is 108 cm³/mol. The molecule has 3 aromatic carbocycles. The highest BCUT2D eigenvalue weighted by atomic mass is 19.1. The van der Waals surface area contributed by atoms with Crippen LogP contribution in [0.5, 0.6) is 17.2 Å². The number of nitrogens with one attached hydrogen (secondary N) is 1. The minimum Gasteiger partial charge on any atom is -0.508 e. The molecule has 29 heavy (non-hydrogen) atoms. The maximum atomic E-state index is 13.6. The Morgan fingerprint density at radius 2 is 1.66 bits per heavy atom. The zero-order valence-electron chi connectivity index (χ0n) is 15.1. The van der Waals surface area contributed by atoms with E-state index >= 15 is 0 Å². The van der Waals surface area contributed by atoms with Crippen molar-refractivity contribution in [3.05, 3.63) is 88.7 Å². The van der Waals surface area contributed by atoms with Crippen LogP contribution in [0.2, 0.25) is 0 Å². The molecule has 0 radical (unpaired) electrons. The molecule has 3 aromatic rings. The third-order valence-corrected chi connectivity index (χ3v) is 4.00. The summed E-state index contributed by atoms with van der Waals surface area (Å²) in [5, 5.41) is 33.0. The number of nitrogens with zero attached hydrogens (tertiary/aromatic N) is 1. The van der Waals surface area contributed by atoms with Crippen LogP contribution in [0.25, 0.3) is 12.2 Å². The van der Waals surface area contributed by atoms with E-state index in [1.165, 1.54) is 42.6 Å². The van der Waals surface area contributed by atoms with Gasteiger partial charge in [0.05, 0.1) is 11.8 Å². The van der Waals surface area contributed by atoms with E-state index in [-0.39, 0.29) is 28.4 Å². The summed E-state index contributed by atoms with van der Waals surface area (Å²) in [6.45, 7) is 0. The summed E-state index contributed by atoms with van der Waals surface area (Å²) in [7, 11) is 0. The van der Waals surface area contributed by atoms with Crippen molar-refractivity contribution in [2.24, 2.45) is 5.10 Å². The molecule has 0 heterocycles. The Labute approximate surface area is 165 Å². The van der Waals surface area contributed by atoms with Crippen LogP contribution >= 0.6 is 0 Å². The quantitative estimate of drug-likeness (QED) is 0.301. The van der Waals surface area contributed by atoms with E-state index in [1.54, 1.807) is 24.3 Å². The maximum Gasteiger partial charge on any atom is 0.274 e. The molecule has 1 amide bonds. The van der Waals surface area contributed by atoms with Crippen LogP contribution in [0.15, 0.2) is 65.8 Å². The molecule has 3 rings (SSSR count). The summed E-state index contributed by atoms with van der Waals surface area (Å²) in [5.41, 5.74) is 3.49. The van der Waals surface area contributed by atoms with E-state index in [0.717, 1.165) is 17.7 Å². The molecule has 6 nitrogen and oxygen atoms in total. The minimum atomic E-state index is -0.737. The van der Waals surface area contributed by atoms with Gasteiger partial charge >= 0.3 is 0 Å². The highest BCUT2D eigenvalue weighted by molar-refractivity contribution is 5.96. The Bertz CT molecular complexity index is 1090. The minimum absolute atomic E-state index is 0.135. The fourth-order valence-corrected chi connectivity index (χ4v) is 2.56. The van der Waals surface area contributed by atoms with E-state index in [2.05, 4.69) is 10.5 Å². The van der Waals surface area contributed by atoms with Gasteiger partial charge < -0.3 is 15.3 Å². The summed E-state index contributed by atoms with van der Waals surface area (Å²) in [4.78, 5) is 12.0. The largest absolute Gasteiger partial charge is 0.508 e. The molecule has 0 atom stereocenters. The molecule has 0 saturated heterocycles. The summed E-state index contributed by atoms with van der Waals surface area (Å²) < 4.78 is 13.6. The fourth-order valence-electron chi connectivity index (χ4n) is 2.56. The van der Waals surface area contributed by atoms with Gasteiger partial charge in [0, 0.05) is 11.6 Å². The lowest BCUT2D eigenvalue weighted by Crippen LogP contribution is -2.19. The van der Waals surface area contributed by atoms with E-state index < -0.39 is 11.7 Å². The number of halogens is 1. The lowest BCUT2D eigenvalue weighted by molar-refractivity contribution is 0.0951. The number of benzene rings is 3. The van der Waals surface area contributed by atoms with Crippen LogP contribution in [0.3, 0.4) is 0 Å². The van der Waals surface area contributed by atoms with Crippen LogP contribution in [0, 0.1) is 5.82 Å². The first-order valence-electron chi connectivity index (χ1n) is 8.55. The molecule has 0 unspecified atom stereocenters. The SMILES string of the molecule is O=C(N/N=C\c1c(O)cc(O)cc1/C=C/c1ccc(O)cc1)c1ccccc1F. The molecular weight excluding hydrogens is 375 g/mol. The molecule has 0 spiro atoms. The van der Waals surface area contributed by atoms with Gasteiger partial charge in [0.1, 0.15) is 23.1 Å². The molecule has 0 aliphatic heterocycles. The molecule has 7 heteroatoms. The van der Waals surface area contributed by atoms with Crippen LogP contribution in [0.1, 0.15) is 27.0 Å². The second-order valence-corrected chi connectivity index (χ2v) is 6.07. The first-order valence-corrected chi connectivity index (χ1v) is 8.55. The number of carbonyl (C=O) groups is 1. The van der Waals surface area contributed by atoms with Gasteiger partial charge in [0.25, 0.3) is 5.91 Å². The lowest BCUT2D eigenvalue weighted by Gasteiger charge is -2.06. The van der Waals surface area contributed by atoms with Crippen molar-refractivity contribution in [3.63, 3.8) is 0 Å². The summed E-state index contributed by atoms with van der Waals surface area (Å²) in [5.74, 6) is -1.68. The van der Waals surface area contributed by atoms with Crippen molar-refractivity contribution in [2.75, 3.05) is 0 Å². The Morgan fingerprint density at radius 3 is 2.38 bits per heavy atom. The highest BCUT2D eigenvalue weighted by Gasteiger charge is 2.10. The van der Waals surface area contributed by atoms with E-state index in [4.69, 9.17) is 0 Å². The third kappa shape index (κ3) is 4.98. The number of hydrogen-bond acceptors (Lipinski definition) is 5.